The normalized spacial score (nSPS) is 17.1. The molecule has 1 aromatic heterocycles. The van der Waals surface area contributed by atoms with Crippen molar-refractivity contribution in [3.05, 3.63) is 52.9 Å². The van der Waals surface area contributed by atoms with Crippen LogP contribution in [0.15, 0.2) is 34.9 Å². The minimum atomic E-state index is -0.470. The standard InChI is InChI=1S/C20H26N2O3/c1-13(2)19-17(14(3)21-25-19)20(24)22-11-9-16(10-12-22)18(23)15-7-5-4-6-8-15/h4-8,13,16,18,23H,9-12H2,1-3H3. The largest absolute Gasteiger partial charge is 0.388 e. The summed E-state index contributed by atoms with van der Waals surface area (Å²) in [4.78, 5) is 14.8. The molecule has 5 nitrogen and oxygen atoms in total. The van der Waals surface area contributed by atoms with Gasteiger partial charge in [0.25, 0.3) is 5.91 Å². The summed E-state index contributed by atoms with van der Waals surface area (Å²) in [5.74, 6) is 0.959. The summed E-state index contributed by atoms with van der Waals surface area (Å²) in [5, 5.41) is 14.6. The van der Waals surface area contributed by atoms with Crippen LogP contribution in [0.5, 0.6) is 0 Å². The van der Waals surface area contributed by atoms with Gasteiger partial charge >= 0.3 is 0 Å². The van der Waals surface area contributed by atoms with Crippen LogP contribution in [-0.4, -0.2) is 34.2 Å². The van der Waals surface area contributed by atoms with Crippen LogP contribution in [0, 0.1) is 12.8 Å². The van der Waals surface area contributed by atoms with E-state index in [1.807, 2.05) is 56.0 Å². The van der Waals surface area contributed by atoms with Crippen LogP contribution >= 0.6 is 0 Å². The molecular weight excluding hydrogens is 316 g/mol. The molecule has 1 aliphatic rings. The Morgan fingerprint density at radius 3 is 2.48 bits per heavy atom. The number of hydrogen-bond donors (Lipinski definition) is 1. The van der Waals surface area contributed by atoms with Crippen molar-refractivity contribution < 1.29 is 14.4 Å². The van der Waals surface area contributed by atoms with Crippen LogP contribution in [-0.2, 0) is 0 Å². The number of likely N-dealkylation sites (tertiary alicyclic amines) is 1. The quantitative estimate of drug-likeness (QED) is 0.920. The predicted octanol–water partition coefficient (Wildman–Crippen LogP) is 3.69. The second-order valence-corrected chi connectivity index (χ2v) is 7.15. The SMILES string of the molecule is Cc1noc(C(C)C)c1C(=O)N1CCC(C(O)c2ccccc2)CC1. The fourth-order valence-corrected chi connectivity index (χ4v) is 3.54. The van der Waals surface area contributed by atoms with E-state index < -0.39 is 6.10 Å². The maximum absolute atomic E-state index is 12.9. The van der Waals surface area contributed by atoms with Gasteiger partial charge < -0.3 is 14.5 Å². The van der Waals surface area contributed by atoms with Crippen LogP contribution in [0.25, 0.3) is 0 Å². The molecule has 1 saturated heterocycles. The van der Waals surface area contributed by atoms with Crippen LogP contribution in [0.2, 0.25) is 0 Å². The summed E-state index contributed by atoms with van der Waals surface area (Å²) < 4.78 is 5.35. The molecule has 1 N–H and O–H groups in total. The highest BCUT2D eigenvalue weighted by molar-refractivity contribution is 5.96. The monoisotopic (exact) mass is 342 g/mol. The minimum absolute atomic E-state index is 0.00454. The van der Waals surface area contributed by atoms with Gasteiger partial charge in [-0.25, -0.2) is 0 Å². The third-order valence-electron chi connectivity index (χ3n) is 5.04. The Balaban J connectivity index is 1.66. The van der Waals surface area contributed by atoms with Crippen molar-refractivity contribution in [1.82, 2.24) is 10.1 Å². The third-order valence-corrected chi connectivity index (χ3v) is 5.04. The lowest BCUT2D eigenvalue weighted by atomic mass is 9.87. The lowest BCUT2D eigenvalue weighted by Crippen LogP contribution is -2.40. The fraction of sp³-hybridized carbons (Fsp3) is 0.500. The van der Waals surface area contributed by atoms with E-state index in [9.17, 15) is 9.90 Å². The molecule has 134 valence electrons. The molecule has 0 saturated carbocycles. The number of carbonyl (C=O) groups is 1. The number of amides is 1. The molecule has 1 aliphatic heterocycles. The van der Waals surface area contributed by atoms with Gasteiger partial charge in [-0.05, 0) is 31.2 Å². The number of aromatic nitrogens is 1. The van der Waals surface area contributed by atoms with E-state index in [4.69, 9.17) is 4.52 Å². The van der Waals surface area contributed by atoms with Gasteiger partial charge in [0.15, 0.2) is 5.76 Å². The van der Waals surface area contributed by atoms with E-state index >= 15 is 0 Å². The van der Waals surface area contributed by atoms with Gasteiger partial charge in [0.1, 0.15) is 5.56 Å². The van der Waals surface area contributed by atoms with E-state index in [0.717, 1.165) is 18.4 Å². The number of nitrogens with zero attached hydrogens (tertiary/aromatic N) is 2. The number of hydrogen-bond acceptors (Lipinski definition) is 4. The molecule has 0 bridgehead atoms. The summed E-state index contributed by atoms with van der Waals surface area (Å²) in [6.07, 6.45) is 1.12. The van der Waals surface area contributed by atoms with Gasteiger partial charge in [0.2, 0.25) is 0 Å². The summed E-state index contributed by atoms with van der Waals surface area (Å²) in [6, 6.07) is 9.75. The second kappa shape index (κ2) is 7.40. The molecule has 0 spiro atoms. The van der Waals surface area contributed by atoms with E-state index in [1.54, 1.807) is 0 Å². The maximum atomic E-state index is 12.9. The zero-order chi connectivity index (χ0) is 18.0. The van der Waals surface area contributed by atoms with E-state index in [0.29, 0.717) is 30.1 Å². The van der Waals surface area contributed by atoms with Crippen molar-refractivity contribution in [1.29, 1.82) is 0 Å². The molecule has 1 fully saturated rings. The number of benzene rings is 1. The summed E-state index contributed by atoms with van der Waals surface area (Å²) >= 11 is 0. The number of aliphatic hydroxyl groups excluding tert-OH is 1. The van der Waals surface area contributed by atoms with Gasteiger partial charge in [-0.3, -0.25) is 4.79 Å². The van der Waals surface area contributed by atoms with Crippen molar-refractivity contribution >= 4 is 5.91 Å². The molecule has 5 heteroatoms. The number of aliphatic hydroxyl groups is 1. The molecule has 1 aromatic carbocycles. The predicted molar refractivity (Wildman–Crippen MR) is 95.4 cm³/mol. The Morgan fingerprint density at radius 2 is 1.88 bits per heavy atom. The Labute approximate surface area is 148 Å². The molecule has 1 amide bonds. The third kappa shape index (κ3) is 3.61. The summed E-state index contributed by atoms with van der Waals surface area (Å²) in [5.41, 5.74) is 2.21. The van der Waals surface area contributed by atoms with Crippen LogP contribution < -0.4 is 0 Å². The molecule has 25 heavy (non-hydrogen) atoms. The maximum Gasteiger partial charge on any atom is 0.259 e. The van der Waals surface area contributed by atoms with Gasteiger partial charge in [-0.2, -0.15) is 0 Å². The highest BCUT2D eigenvalue weighted by Gasteiger charge is 2.32. The van der Waals surface area contributed by atoms with Gasteiger partial charge in [0, 0.05) is 19.0 Å². The van der Waals surface area contributed by atoms with Crippen LogP contribution in [0.4, 0.5) is 0 Å². The Kier molecular flexibility index (Phi) is 5.23. The lowest BCUT2D eigenvalue weighted by molar-refractivity contribution is 0.0460. The van der Waals surface area contributed by atoms with Gasteiger partial charge in [0.05, 0.1) is 11.8 Å². The van der Waals surface area contributed by atoms with Crippen LogP contribution in [0.1, 0.15) is 66.1 Å². The molecular formula is C20H26N2O3. The molecule has 0 radical (unpaired) electrons. The average Bonchev–Trinajstić information content (AvgIpc) is 3.03. The minimum Gasteiger partial charge on any atom is -0.388 e. The van der Waals surface area contributed by atoms with Crippen molar-refractivity contribution in [2.45, 2.75) is 45.6 Å². The summed E-state index contributed by atoms with van der Waals surface area (Å²) in [6.45, 7) is 7.11. The number of carbonyl (C=O) groups excluding carboxylic acids is 1. The van der Waals surface area contributed by atoms with Crippen molar-refractivity contribution in [2.75, 3.05) is 13.1 Å². The average molecular weight is 342 g/mol. The summed E-state index contributed by atoms with van der Waals surface area (Å²) in [7, 11) is 0. The number of rotatable bonds is 4. The first-order chi connectivity index (χ1) is 12.0. The first-order valence-electron chi connectivity index (χ1n) is 8.97. The molecule has 1 unspecified atom stereocenters. The second-order valence-electron chi connectivity index (χ2n) is 7.15. The molecule has 2 aromatic rings. The van der Waals surface area contributed by atoms with Crippen molar-refractivity contribution in [2.24, 2.45) is 5.92 Å². The Bertz CT molecular complexity index is 716. The van der Waals surface area contributed by atoms with Crippen molar-refractivity contribution in [3.63, 3.8) is 0 Å². The molecule has 0 aliphatic carbocycles. The van der Waals surface area contributed by atoms with E-state index in [1.165, 1.54) is 0 Å². The first-order valence-corrected chi connectivity index (χ1v) is 8.97. The smallest absolute Gasteiger partial charge is 0.259 e. The molecule has 2 heterocycles. The van der Waals surface area contributed by atoms with E-state index in [2.05, 4.69) is 5.16 Å². The van der Waals surface area contributed by atoms with Crippen molar-refractivity contribution in [3.8, 4) is 0 Å². The van der Waals surface area contributed by atoms with Gasteiger partial charge in [-0.1, -0.05) is 49.3 Å². The highest BCUT2D eigenvalue weighted by Crippen LogP contribution is 2.32. The number of piperidine rings is 1. The van der Waals surface area contributed by atoms with E-state index in [-0.39, 0.29) is 17.7 Å². The van der Waals surface area contributed by atoms with Gasteiger partial charge in [-0.15, -0.1) is 0 Å². The topological polar surface area (TPSA) is 66.6 Å². The first kappa shape index (κ1) is 17.7. The zero-order valence-corrected chi connectivity index (χ0v) is 15.1. The molecule has 1 atom stereocenters. The number of aryl methyl sites for hydroxylation is 1. The molecule has 3 rings (SSSR count). The Hall–Kier alpha value is -2.14. The zero-order valence-electron chi connectivity index (χ0n) is 15.1. The highest BCUT2D eigenvalue weighted by atomic mass is 16.5. The lowest BCUT2D eigenvalue weighted by Gasteiger charge is -2.34. The van der Waals surface area contributed by atoms with Crippen LogP contribution in [0.3, 0.4) is 0 Å². The fourth-order valence-electron chi connectivity index (χ4n) is 3.54. The Morgan fingerprint density at radius 1 is 1.24 bits per heavy atom.